The third kappa shape index (κ3) is 15.3. The van der Waals surface area contributed by atoms with E-state index in [1.54, 1.807) is 72.0 Å². The van der Waals surface area contributed by atoms with Gasteiger partial charge in [-0.15, -0.1) is 16.4 Å². The van der Waals surface area contributed by atoms with Gasteiger partial charge in [-0.05, 0) is 83.5 Å². The average molecular weight is 1260 g/mol. The number of nitrogens with zero attached hydrogens (tertiary/aromatic N) is 11. The molecule has 3 aliphatic rings. The number of hydrogen-bond donors (Lipinski definition) is 5. The quantitative estimate of drug-likeness (QED) is 0.0410. The Morgan fingerprint density at radius 3 is 2.41 bits per heavy atom. The van der Waals surface area contributed by atoms with Gasteiger partial charge in [-0.1, -0.05) is 68.4 Å². The van der Waals surface area contributed by atoms with E-state index in [2.05, 4.69) is 51.0 Å². The molecule has 11 rings (SSSR count). The van der Waals surface area contributed by atoms with E-state index in [-0.39, 0.29) is 55.6 Å². The molecule has 5 aromatic heterocycles. The van der Waals surface area contributed by atoms with E-state index in [4.69, 9.17) is 9.47 Å². The third-order valence-corrected chi connectivity index (χ3v) is 17.9. The van der Waals surface area contributed by atoms with Crippen LogP contribution in [-0.2, 0) is 57.0 Å². The smallest absolute Gasteiger partial charge is 0.293 e. The number of nitrogens with one attached hydrogen (secondary N) is 3. The van der Waals surface area contributed by atoms with Crippen molar-refractivity contribution in [1.29, 1.82) is 0 Å². The first-order chi connectivity index (χ1) is 43.9. The van der Waals surface area contributed by atoms with Crippen molar-refractivity contribution in [3.05, 3.63) is 158 Å². The summed E-state index contributed by atoms with van der Waals surface area (Å²) < 4.78 is 31.7. The Morgan fingerprint density at radius 2 is 1.68 bits per heavy atom. The number of carbonyl (C=O) groups is 3. The summed E-state index contributed by atoms with van der Waals surface area (Å²) in [5.41, 5.74) is 7.26. The zero-order valence-electron chi connectivity index (χ0n) is 51.8. The van der Waals surface area contributed by atoms with Crippen molar-refractivity contribution in [1.82, 2.24) is 59.5 Å². The predicted molar refractivity (Wildman–Crippen MR) is 344 cm³/mol. The lowest BCUT2D eigenvalue weighted by molar-refractivity contribution is -0.144. The monoisotopic (exact) mass is 1260 g/mol. The van der Waals surface area contributed by atoms with Gasteiger partial charge in [-0.25, -0.2) is 24.0 Å². The van der Waals surface area contributed by atoms with Gasteiger partial charge in [-0.3, -0.25) is 33.4 Å². The number of β-amino-alcohol motifs (C(OH)–C–C–N with tert-alkyl or cyclic N) is 1. The Hall–Kier alpha value is -8.59. The van der Waals surface area contributed by atoms with Crippen LogP contribution in [0.4, 0.5) is 21.7 Å². The van der Waals surface area contributed by atoms with Crippen molar-refractivity contribution in [3.8, 4) is 27.4 Å². The molecule has 0 radical (unpaired) electrons. The Balaban J connectivity index is 0.576. The number of pyridine rings is 2. The number of carbonyl (C=O) groups excluding carboxylic acids is 3. The molecule has 2 saturated heterocycles. The van der Waals surface area contributed by atoms with Crippen molar-refractivity contribution in [2.75, 3.05) is 75.9 Å². The summed E-state index contributed by atoms with van der Waals surface area (Å²) in [6, 6.07) is 20.0. The second-order valence-corrected chi connectivity index (χ2v) is 25.4. The number of halogens is 1. The second-order valence-electron chi connectivity index (χ2n) is 24.6. The van der Waals surface area contributed by atoms with Gasteiger partial charge < -0.3 is 50.0 Å². The topological polar surface area (TPSA) is 269 Å². The van der Waals surface area contributed by atoms with Gasteiger partial charge in [0.2, 0.25) is 17.7 Å². The summed E-state index contributed by atoms with van der Waals surface area (Å²) in [6.45, 7) is 13.2. The normalized spacial score (nSPS) is 16.6. The molecule has 3 fully saturated rings. The predicted octanol–water partition coefficient (Wildman–Crippen LogP) is 6.02. The lowest BCUT2D eigenvalue weighted by Gasteiger charge is -2.35. The highest BCUT2D eigenvalue weighted by atomic mass is 32.1. The number of amides is 3. The molecule has 23 nitrogen and oxygen atoms in total. The molecule has 0 unspecified atom stereocenters. The molecule has 5 N–H and O–H groups in total. The van der Waals surface area contributed by atoms with Crippen molar-refractivity contribution in [2.45, 2.75) is 104 Å². The molecule has 2 aliphatic heterocycles. The van der Waals surface area contributed by atoms with Gasteiger partial charge in [0.05, 0.1) is 96.1 Å². The molecule has 91 heavy (non-hydrogen) atoms. The molecule has 3 atom stereocenters. The van der Waals surface area contributed by atoms with E-state index in [0.717, 1.165) is 84.2 Å². The van der Waals surface area contributed by atoms with Gasteiger partial charge in [0.25, 0.3) is 11.1 Å². The lowest BCUT2D eigenvalue weighted by atomic mass is 9.85. The Bertz CT molecular complexity index is 4020. The summed E-state index contributed by atoms with van der Waals surface area (Å²) in [7, 11) is 1.61. The molecule has 0 spiro atoms. The summed E-state index contributed by atoms with van der Waals surface area (Å²) in [4.78, 5) is 88.8. The van der Waals surface area contributed by atoms with Gasteiger partial charge >= 0.3 is 0 Å². The minimum absolute atomic E-state index is 0.0148. The molecule has 0 bridgehead atoms. The molecule has 1 saturated carbocycles. The van der Waals surface area contributed by atoms with Crippen LogP contribution in [0.5, 0.6) is 0 Å². The number of rotatable bonds is 25. The maximum absolute atomic E-state index is 15.5. The zero-order chi connectivity index (χ0) is 63.9. The van der Waals surface area contributed by atoms with Crippen molar-refractivity contribution >= 4 is 57.2 Å². The van der Waals surface area contributed by atoms with Crippen LogP contribution in [0.15, 0.2) is 113 Å². The standard InChI is InChI=1S/C66H77FN14O9S/c1-41-59(91-40-70-41)44-11-9-42(10-12-44)34-69-62(85)55-33-49(83)37-81(55)64(87)60(66(2,3)4)73-57(84)19-28-89-27-18-47-36-79(75-74-47)26-30-90-29-25-77-21-23-78(24-22-77)48-15-16-56(68-35-48)72-61-65(88)76(5)38-53(71-61)50-7-6-8-54(51(50)39-82)80-20-17-45-31-46(43-13-14-43)32-52(67)58(45)63(80)86/h6-12,15-17,20,31-32,35-36,38,40,43,49,55,60,82-83H,13-14,18-19,21-30,33-34,37,39H2,1-5H3,(H,69,85)(H,73,84)(H,68,71,72)/t49-,55+,60-/m1/s1. The molecule has 25 heteroatoms. The molecule has 3 amide bonds. The minimum atomic E-state index is -0.948. The number of ether oxygens (including phenoxy) is 2. The molecule has 8 aromatic rings. The molecule has 7 heterocycles. The number of likely N-dealkylation sites (tertiary alicyclic amines) is 1. The molecule has 3 aromatic carbocycles. The van der Waals surface area contributed by atoms with E-state index in [0.29, 0.717) is 72.4 Å². The highest BCUT2D eigenvalue weighted by molar-refractivity contribution is 7.13. The summed E-state index contributed by atoms with van der Waals surface area (Å²) in [5.74, 6) is -0.978. The van der Waals surface area contributed by atoms with Crippen LogP contribution in [0.3, 0.4) is 0 Å². The number of piperazine rings is 1. The summed E-state index contributed by atoms with van der Waals surface area (Å²) >= 11 is 1.57. The number of aliphatic hydroxyl groups is 2. The second kappa shape index (κ2) is 28.3. The van der Waals surface area contributed by atoms with Gasteiger partial charge in [0, 0.05) is 102 Å². The van der Waals surface area contributed by atoms with Gasteiger partial charge in [0.1, 0.15) is 23.7 Å². The molecular weight excluding hydrogens is 1180 g/mol. The molecule has 1 aliphatic carbocycles. The first-order valence-corrected chi connectivity index (χ1v) is 31.7. The number of aromatic nitrogens is 8. The Kier molecular flexibility index (Phi) is 19.9. The Labute approximate surface area is 529 Å². The van der Waals surface area contributed by atoms with E-state index in [1.807, 2.05) is 75.8 Å². The number of aliphatic hydroxyl groups excluding tert-OH is 2. The van der Waals surface area contributed by atoms with Gasteiger partial charge in [0.15, 0.2) is 5.82 Å². The fourth-order valence-corrected chi connectivity index (χ4v) is 12.5. The largest absolute Gasteiger partial charge is 0.392 e. The van der Waals surface area contributed by atoms with E-state index >= 15 is 4.39 Å². The number of anilines is 3. The van der Waals surface area contributed by atoms with Crippen molar-refractivity contribution in [2.24, 2.45) is 12.5 Å². The van der Waals surface area contributed by atoms with Crippen LogP contribution in [0, 0.1) is 18.2 Å². The summed E-state index contributed by atoms with van der Waals surface area (Å²) in [6.07, 6.45) is 8.50. The van der Waals surface area contributed by atoms with E-state index in [1.165, 1.54) is 20.1 Å². The number of thiazole rings is 1. The Morgan fingerprint density at radius 1 is 0.901 bits per heavy atom. The zero-order valence-corrected chi connectivity index (χ0v) is 52.6. The third-order valence-electron chi connectivity index (χ3n) is 17.0. The summed E-state index contributed by atoms with van der Waals surface area (Å²) in [5, 5.41) is 39.3. The SMILES string of the molecule is Cc1ncsc1-c1ccc(CNC(=O)[C@@H]2C[C@@H](O)CN2C(=O)[C@@H](NC(=O)CCOCCc2cn(CCOCCN3CCN(c4ccc(Nc5nc(-c6cccc(-n7ccc8cc(C9CC9)cc(F)c8c7=O)c6CO)cn(C)c5=O)nc4)CC3)nn2)C(C)(C)C)cc1. The highest BCUT2D eigenvalue weighted by Gasteiger charge is 2.44. The number of benzene rings is 3. The first kappa shape index (κ1) is 64.0. The maximum Gasteiger partial charge on any atom is 0.293 e. The fraction of sp³-hybridized carbons (Fsp3) is 0.424. The van der Waals surface area contributed by atoms with E-state index in [9.17, 15) is 34.2 Å². The van der Waals surface area contributed by atoms with Crippen LogP contribution in [0.1, 0.15) is 80.5 Å². The highest BCUT2D eigenvalue weighted by Crippen LogP contribution is 2.41. The number of aryl methyl sites for hydroxylation is 2. The van der Waals surface area contributed by atoms with Crippen LogP contribution < -0.4 is 32.0 Å². The van der Waals surface area contributed by atoms with Crippen molar-refractivity contribution in [3.63, 3.8) is 0 Å². The fourth-order valence-electron chi connectivity index (χ4n) is 11.7. The molecular formula is C66H77FN14O9S. The lowest BCUT2D eigenvalue weighted by Crippen LogP contribution is -2.57. The van der Waals surface area contributed by atoms with Crippen LogP contribution in [-0.4, -0.2) is 161 Å². The van der Waals surface area contributed by atoms with Crippen molar-refractivity contribution < 1.29 is 38.5 Å². The number of hydrogen-bond acceptors (Lipinski definition) is 18. The van der Waals surface area contributed by atoms with Crippen LogP contribution in [0.2, 0.25) is 0 Å². The minimum Gasteiger partial charge on any atom is -0.392 e. The molecule has 478 valence electrons. The van der Waals surface area contributed by atoms with Crippen LogP contribution >= 0.6 is 11.3 Å². The van der Waals surface area contributed by atoms with Crippen LogP contribution in [0.25, 0.3) is 38.2 Å². The van der Waals surface area contributed by atoms with Gasteiger partial charge in [-0.2, -0.15) is 0 Å². The maximum atomic E-state index is 15.5. The van der Waals surface area contributed by atoms with E-state index < -0.39 is 53.1 Å². The first-order valence-electron chi connectivity index (χ1n) is 30.8. The average Bonchev–Trinajstić information content (AvgIpc) is 1.34. The number of fused-ring (bicyclic) bond motifs is 1.